The molecule has 2 aliphatic rings. The molecule has 1 amide bonds. The van der Waals surface area contributed by atoms with Crippen molar-refractivity contribution in [2.75, 3.05) is 39.6 Å². The lowest BCUT2D eigenvalue weighted by molar-refractivity contribution is -0.160. The van der Waals surface area contributed by atoms with E-state index in [1.807, 2.05) is 0 Å². The number of carbonyl (C=O) groups is 1. The lowest BCUT2D eigenvalue weighted by Gasteiger charge is -2.43. The molecule has 2 saturated heterocycles. The Morgan fingerprint density at radius 2 is 1.95 bits per heavy atom. The van der Waals surface area contributed by atoms with Gasteiger partial charge in [-0.15, -0.1) is 0 Å². The summed E-state index contributed by atoms with van der Waals surface area (Å²) in [6.07, 6.45) is 0.983. The van der Waals surface area contributed by atoms with Gasteiger partial charge in [-0.05, 0) is 18.3 Å². The third-order valence-electron chi connectivity index (χ3n) is 4.48. The molecular formula is C15H26FNO3. The van der Waals surface area contributed by atoms with Crippen molar-refractivity contribution in [1.29, 1.82) is 0 Å². The number of hydrogen-bond donors (Lipinski definition) is 0. The van der Waals surface area contributed by atoms with Gasteiger partial charge in [0.1, 0.15) is 6.67 Å². The summed E-state index contributed by atoms with van der Waals surface area (Å²) in [6, 6.07) is 0. The van der Waals surface area contributed by atoms with Crippen LogP contribution in [-0.2, 0) is 14.3 Å². The zero-order valence-corrected chi connectivity index (χ0v) is 12.8. The fourth-order valence-electron chi connectivity index (χ4n) is 2.86. The van der Waals surface area contributed by atoms with E-state index in [9.17, 15) is 9.18 Å². The number of alkyl halides is 1. The molecule has 0 aromatic heterocycles. The van der Waals surface area contributed by atoms with Crippen LogP contribution in [-0.4, -0.2) is 56.5 Å². The summed E-state index contributed by atoms with van der Waals surface area (Å²) in [5, 5.41) is 0. The normalized spacial score (nSPS) is 27.4. The van der Waals surface area contributed by atoms with Gasteiger partial charge in [0.2, 0.25) is 5.91 Å². The van der Waals surface area contributed by atoms with Gasteiger partial charge in [0.25, 0.3) is 0 Å². The first kappa shape index (κ1) is 15.7. The number of rotatable bonds is 2. The van der Waals surface area contributed by atoms with Crippen LogP contribution in [0.2, 0.25) is 0 Å². The van der Waals surface area contributed by atoms with Gasteiger partial charge in [-0.3, -0.25) is 4.79 Å². The van der Waals surface area contributed by atoms with Gasteiger partial charge in [0.05, 0.1) is 18.1 Å². The van der Waals surface area contributed by atoms with E-state index in [4.69, 9.17) is 9.47 Å². The SMILES string of the molecule is CC(C)(C)C1CN(C(=O)C2(CF)CCOCC2)CCO1. The van der Waals surface area contributed by atoms with Crippen molar-refractivity contribution >= 4 is 5.91 Å². The maximum Gasteiger partial charge on any atom is 0.231 e. The molecule has 2 rings (SSSR count). The summed E-state index contributed by atoms with van der Waals surface area (Å²) in [4.78, 5) is 14.5. The molecule has 5 heteroatoms. The number of carbonyl (C=O) groups excluding carboxylic acids is 1. The Bertz CT molecular complexity index is 348. The molecular weight excluding hydrogens is 261 g/mol. The van der Waals surface area contributed by atoms with Gasteiger partial charge in [-0.1, -0.05) is 20.8 Å². The van der Waals surface area contributed by atoms with Gasteiger partial charge in [-0.25, -0.2) is 4.39 Å². The predicted octanol–water partition coefficient (Wildman–Crippen LogP) is 2.03. The largest absolute Gasteiger partial charge is 0.381 e. The Balaban J connectivity index is 2.07. The van der Waals surface area contributed by atoms with E-state index in [1.165, 1.54) is 0 Å². The van der Waals surface area contributed by atoms with Crippen molar-refractivity contribution in [2.24, 2.45) is 10.8 Å². The van der Waals surface area contributed by atoms with Gasteiger partial charge < -0.3 is 14.4 Å². The van der Waals surface area contributed by atoms with Crippen LogP contribution in [0.15, 0.2) is 0 Å². The molecule has 0 aromatic carbocycles. The van der Waals surface area contributed by atoms with Crippen molar-refractivity contribution in [2.45, 2.75) is 39.7 Å². The highest BCUT2D eigenvalue weighted by molar-refractivity contribution is 5.83. The van der Waals surface area contributed by atoms with Crippen molar-refractivity contribution in [3.05, 3.63) is 0 Å². The van der Waals surface area contributed by atoms with E-state index >= 15 is 0 Å². The number of hydrogen-bond acceptors (Lipinski definition) is 3. The van der Waals surface area contributed by atoms with Crippen LogP contribution in [0, 0.1) is 10.8 Å². The second-order valence-corrected chi connectivity index (χ2v) is 7.00. The summed E-state index contributed by atoms with van der Waals surface area (Å²) < 4.78 is 24.6. The highest BCUT2D eigenvalue weighted by Crippen LogP contribution is 2.35. The second kappa shape index (κ2) is 5.98. The summed E-state index contributed by atoms with van der Waals surface area (Å²) in [5.41, 5.74) is -0.879. The molecule has 1 unspecified atom stereocenters. The topological polar surface area (TPSA) is 38.8 Å². The standard InChI is InChI=1S/C15H26FNO3/c1-14(2,3)12-10-17(6-9-20-12)13(18)15(11-16)4-7-19-8-5-15/h12H,4-11H2,1-3H3. The fourth-order valence-corrected chi connectivity index (χ4v) is 2.86. The smallest absolute Gasteiger partial charge is 0.231 e. The zero-order chi connectivity index (χ0) is 14.8. The Morgan fingerprint density at radius 3 is 2.50 bits per heavy atom. The summed E-state index contributed by atoms with van der Waals surface area (Å²) in [5.74, 6) is -0.0548. The number of ether oxygens (including phenoxy) is 2. The molecule has 0 bridgehead atoms. The minimum atomic E-state index is -0.863. The molecule has 0 saturated carbocycles. The van der Waals surface area contributed by atoms with Crippen LogP contribution in [0.5, 0.6) is 0 Å². The van der Waals surface area contributed by atoms with E-state index in [2.05, 4.69) is 20.8 Å². The van der Waals surface area contributed by atoms with Crippen LogP contribution < -0.4 is 0 Å². The van der Waals surface area contributed by atoms with E-state index in [-0.39, 0.29) is 17.4 Å². The fraction of sp³-hybridized carbons (Fsp3) is 0.933. The highest BCUT2D eigenvalue weighted by Gasteiger charge is 2.44. The number of morpholine rings is 1. The van der Waals surface area contributed by atoms with Crippen LogP contribution in [0.4, 0.5) is 4.39 Å². The first-order chi connectivity index (χ1) is 9.39. The molecule has 0 spiro atoms. The molecule has 20 heavy (non-hydrogen) atoms. The number of halogens is 1. The average molecular weight is 287 g/mol. The molecule has 2 aliphatic heterocycles. The molecule has 0 radical (unpaired) electrons. The first-order valence-corrected chi connectivity index (χ1v) is 7.44. The van der Waals surface area contributed by atoms with Crippen molar-refractivity contribution < 1.29 is 18.7 Å². The Hall–Kier alpha value is -0.680. The van der Waals surface area contributed by atoms with Crippen LogP contribution in [0.1, 0.15) is 33.6 Å². The van der Waals surface area contributed by atoms with E-state index in [1.54, 1.807) is 4.90 Å². The van der Waals surface area contributed by atoms with Crippen LogP contribution in [0.3, 0.4) is 0 Å². The monoisotopic (exact) mass is 287 g/mol. The third-order valence-corrected chi connectivity index (χ3v) is 4.48. The summed E-state index contributed by atoms with van der Waals surface area (Å²) >= 11 is 0. The van der Waals surface area contributed by atoms with Crippen molar-refractivity contribution in [3.8, 4) is 0 Å². The number of nitrogens with zero attached hydrogens (tertiary/aromatic N) is 1. The first-order valence-electron chi connectivity index (χ1n) is 7.44. The molecule has 0 aromatic rings. The van der Waals surface area contributed by atoms with Crippen molar-refractivity contribution in [1.82, 2.24) is 4.90 Å². The molecule has 0 aliphatic carbocycles. The number of amides is 1. The Labute approximate surface area is 120 Å². The molecule has 2 fully saturated rings. The minimum absolute atomic E-state index is 0.0108. The van der Waals surface area contributed by atoms with Crippen LogP contribution in [0.25, 0.3) is 0 Å². The van der Waals surface area contributed by atoms with Gasteiger partial charge in [0, 0.05) is 26.3 Å². The molecule has 116 valence electrons. The lowest BCUT2D eigenvalue weighted by atomic mass is 9.79. The zero-order valence-electron chi connectivity index (χ0n) is 12.8. The maximum atomic E-state index is 13.5. The third kappa shape index (κ3) is 3.14. The quantitative estimate of drug-likeness (QED) is 0.780. The van der Waals surface area contributed by atoms with Crippen LogP contribution >= 0.6 is 0 Å². The summed E-state index contributed by atoms with van der Waals surface area (Å²) in [7, 11) is 0. The molecule has 4 nitrogen and oxygen atoms in total. The van der Waals surface area contributed by atoms with E-state index < -0.39 is 12.1 Å². The lowest BCUT2D eigenvalue weighted by Crippen LogP contribution is -2.55. The summed E-state index contributed by atoms with van der Waals surface area (Å²) in [6.45, 7) is 8.32. The maximum absolute atomic E-state index is 13.5. The highest BCUT2D eigenvalue weighted by atomic mass is 19.1. The minimum Gasteiger partial charge on any atom is -0.381 e. The average Bonchev–Trinajstić information content (AvgIpc) is 2.46. The van der Waals surface area contributed by atoms with E-state index in [0.717, 1.165) is 0 Å². The molecule has 0 N–H and O–H groups in total. The molecule has 1 atom stereocenters. The van der Waals surface area contributed by atoms with E-state index in [0.29, 0.717) is 45.8 Å². The van der Waals surface area contributed by atoms with Crippen molar-refractivity contribution in [3.63, 3.8) is 0 Å². The van der Waals surface area contributed by atoms with Gasteiger partial charge in [-0.2, -0.15) is 0 Å². The van der Waals surface area contributed by atoms with Gasteiger partial charge in [0.15, 0.2) is 0 Å². The Kier molecular flexibility index (Phi) is 4.69. The predicted molar refractivity (Wildman–Crippen MR) is 74.2 cm³/mol. The molecule has 2 heterocycles. The van der Waals surface area contributed by atoms with Gasteiger partial charge >= 0.3 is 0 Å². The second-order valence-electron chi connectivity index (χ2n) is 7.00. The Morgan fingerprint density at radius 1 is 1.30 bits per heavy atom.